The molecule has 118 valence electrons. The number of carbonyl (C=O) groups excluding carboxylic acids is 1. The summed E-state index contributed by atoms with van der Waals surface area (Å²) >= 11 is 3.48. The van der Waals surface area contributed by atoms with Crippen LogP contribution in [0.15, 0.2) is 22.7 Å². The molecule has 0 spiro atoms. The molecule has 1 unspecified atom stereocenters. The Hall–Kier alpha value is -1.07. The number of halogens is 1. The van der Waals surface area contributed by atoms with Crippen molar-refractivity contribution in [2.24, 2.45) is 5.92 Å². The number of methoxy groups -OCH3 is 1. The van der Waals surface area contributed by atoms with Crippen molar-refractivity contribution < 1.29 is 9.53 Å². The summed E-state index contributed by atoms with van der Waals surface area (Å²) in [6, 6.07) is 6.19. The van der Waals surface area contributed by atoms with Crippen molar-refractivity contribution in [2.75, 3.05) is 20.2 Å². The fourth-order valence-corrected chi connectivity index (χ4v) is 2.44. The van der Waals surface area contributed by atoms with Crippen LogP contribution in [0.2, 0.25) is 0 Å². The van der Waals surface area contributed by atoms with Gasteiger partial charge in [-0.2, -0.15) is 0 Å². The van der Waals surface area contributed by atoms with E-state index in [9.17, 15) is 4.79 Å². The SMILES string of the molecule is COc1ccc(C(C)NCCC(=O)NCC(C)C)cc1Br. The van der Waals surface area contributed by atoms with Gasteiger partial charge in [0.15, 0.2) is 0 Å². The predicted octanol–water partition coefficient (Wildman–Crippen LogP) is 3.27. The van der Waals surface area contributed by atoms with Gasteiger partial charge in [0.05, 0.1) is 11.6 Å². The predicted molar refractivity (Wildman–Crippen MR) is 89.6 cm³/mol. The Labute approximate surface area is 135 Å². The third-order valence-electron chi connectivity index (χ3n) is 3.19. The maximum absolute atomic E-state index is 11.6. The van der Waals surface area contributed by atoms with E-state index in [0.29, 0.717) is 18.9 Å². The summed E-state index contributed by atoms with van der Waals surface area (Å²) in [4.78, 5) is 11.6. The Morgan fingerprint density at radius 3 is 2.62 bits per heavy atom. The van der Waals surface area contributed by atoms with Crippen LogP contribution in [-0.2, 0) is 4.79 Å². The first-order valence-corrected chi connectivity index (χ1v) is 8.06. The molecule has 0 aliphatic rings. The van der Waals surface area contributed by atoms with Crippen LogP contribution < -0.4 is 15.4 Å². The highest BCUT2D eigenvalue weighted by atomic mass is 79.9. The van der Waals surface area contributed by atoms with Crippen LogP contribution in [-0.4, -0.2) is 26.1 Å². The molecule has 0 radical (unpaired) electrons. The van der Waals surface area contributed by atoms with E-state index in [1.165, 1.54) is 0 Å². The van der Waals surface area contributed by atoms with E-state index in [-0.39, 0.29) is 11.9 Å². The van der Waals surface area contributed by atoms with Crippen LogP contribution >= 0.6 is 15.9 Å². The standard InChI is InChI=1S/C16H25BrN2O2/c1-11(2)10-19-16(20)7-8-18-12(3)13-5-6-15(21-4)14(17)9-13/h5-6,9,11-12,18H,7-8,10H2,1-4H3,(H,19,20). The second-order valence-corrected chi connectivity index (χ2v) is 6.37. The van der Waals surface area contributed by atoms with Crippen LogP contribution in [0.25, 0.3) is 0 Å². The molecule has 1 amide bonds. The zero-order chi connectivity index (χ0) is 15.8. The lowest BCUT2D eigenvalue weighted by molar-refractivity contribution is -0.121. The van der Waals surface area contributed by atoms with Crippen LogP contribution in [0, 0.1) is 5.92 Å². The molecular formula is C16H25BrN2O2. The van der Waals surface area contributed by atoms with Crippen molar-refractivity contribution in [3.05, 3.63) is 28.2 Å². The third-order valence-corrected chi connectivity index (χ3v) is 3.81. The molecule has 0 saturated heterocycles. The number of ether oxygens (including phenoxy) is 1. The van der Waals surface area contributed by atoms with Gasteiger partial charge in [-0.25, -0.2) is 0 Å². The van der Waals surface area contributed by atoms with Gasteiger partial charge in [-0.1, -0.05) is 19.9 Å². The Bertz CT molecular complexity index is 464. The summed E-state index contributed by atoms with van der Waals surface area (Å²) in [6.07, 6.45) is 0.494. The normalized spacial score (nSPS) is 12.3. The molecule has 1 atom stereocenters. The summed E-state index contributed by atoms with van der Waals surface area (Å²) in [5, 5.41) is 6.28. The van der Waals surface area contributed by atoms with E-state index in [2.05, 4.69) is 47.3 Å². The first-order chi connectivity index (χ1) is 9.93. The average Bonchev–Trinajstić information content (AvgIpc) is 2.44. The second-order valence-electron chi connectivity index (χ2n) is 5.52. The summed E-state index contributed by atoms with van der Waals surface area (Å²) in [6.45, 7) is 7.65. The van der Waals surface area contributed by atoms with E-state index in [1.54, 1.807) is 7.11 Å². The highest BCUT2D eigenvalue weighted by molar-refractivity contribution is 9.10. The monoisotopic (exact) mass is 356 g/mol. The van der Waals surface area contributed by atoms with Crippen molar-refractivity contribution in [1.29, 1.82) is 0 Å². The molecule has 0 aliphatic carbocycles. The highest BCUT2D eigenvalue weighted by Crippen LogP contribution is 2.27. The number of rotatable bonds is 8. The van der Waals surface area contributed by atoms with Crippen LogP contribution in [0.3, 0.4) is 0 Å². The van der Waals surface area contributed by atoms with Gasteiger partial charge in [0, 0.05) is 25.6 Å². The minimum atomic E-state index is 0.0966. The molecule has 0 aromatic heterocycles. The zero-order valence-electron chi connectivity index (χ0n) is 13.2. The lowest BCUT2D eigenvalue weighted by atomic mass is 10.1. The van der Waals surface area contributed by atoms with Crippen LogP contribution in [0.4, 0.5) is 0 Å². The molecule has 1 aromatic carbocycles. The Kier molecular flexibility index (Phi) is 7.75. The fraction of sp³-hybridized carbons (Fsp3) is 0.562. The fourth-order valence-electron chi connectivity index (χ4n) is 1.88. The van der Waals surface area contributed by atoms with Crippen molar-refractivity contribution >= 4 is 21.8 Å². The van der Waals surface area contributed by atoms with Gasteiger partial charge in [0.1, 0.15) is 5.75 Å². The summed E-state index contributed by atoms with van der Waals surface area (Å²) in [7, 11) is 1.65. The van der Waals surface area contributed by atoms with Crippen LogP contribution in [0.1, 0.15) is 38.8 Å². The summed E-state index contributed by atoms with van der Waals surface area (Å²) in [5.74, 6) is 1.40. The van der Waals surface area contributed by atoms with E-state index < -0.39 is 0 Å². The molecule has 21 heavy (non-hydrogen) atoms. The quantitative estimate of drug-likeness (QED) is 0.751. The number of hydrogen-bond donors (Lipinski definition) is 2. The number of benzene rings is 1. The smallest absolute Gasteiger partial charge is 0.221 e. The molecular weight excluding hydrogens is 332 g/mol. The molecule has 0 saturated carbocycles. The Balaban J connectivity index is 2.38. The molecule has 0 aliphatic heterocycles. The van der Waals surface area contributed by atoms with Gasteiger partial charge in [-0.15, -0.1) is 0 Å². The maximum Gasteiger partial charge on any atom is 0.221 e. The Morgan fingerprint density at radius 1 is 1.33 bits per heavy atom. The first-order valence-electron chi connectivity index (χ1n) is 7.27. The van der Waals surface area contributed by atoms with E-state index in [4.69, 9.17) is 4.74 Å². The average molecular weight is 357 g/mol. The van der Waals surface area contributed by atoms with Gasteiger partial charge in [0.2, 0.25) is 5.91 Å². The van der Waals surface area contributed by atoms with Gasteiger partial charge in [-0.3, -0.25) is 4.79 Å². The van der Waals surface area contributed by atoms with Crippen molar-refractivity contribution in [3.8, 4) is 5.75 Å². The van der Waals surface area contributed by atoms with Gasteiger partial charge in [-0.05, 0) is 46.5 Å². The van der Waals surface area contributed by atoms with Crippen LogP contribution in [0.5, 0.6) is 5.75 Å². The van der Waals surface area contributed by atoms with E-state index in [0.717, 1.165) is 22.3 Å². The molecule has 5 heteroatoms. The zero-order valence-corrected chi connectivity index (χ0v) is 14.8. The summed E-state index contributed by atoms with van der Waals surface area (Å²) < 4.78 is 6.15. The molecule has 0 bridgehead atoms. The van der Waals surface area contributed by atoms with Crippen molar-refractivity contribution in [3.63, 3.8) is 0 Å². The molecule has 4 nitrogen and oxygen atoms in total. The second kappa shape index (κ2) is 9.05. The number of amides is 1. The van der Waals surface area contributed by atoms with Gasteiger partial charge >= 0.3 is 0 Å². The minimum absolute atomic E-state index is 0.0966. The third kappa shape index (κ3) is 6.48. The number of carbonyl (C=O) groups is 1. The molecule has 1 rings (SSSR count). The van der Waals surface area contributed by atoms with Gasteiger partial charge in [0.25, 0.3) is 0 Å². The summed E-state index contributed by atoms with van der Waals surface area (Å²) in [5.41, 5.74) is 1.16. The van der Waals surface area contributed by atoms with Gasteiger partial charge < -0.3 is 15.4 Å². The number of nitrogens with one attached hydrogen (secondary N) is 2. The van der Waals surface area contributed by atoms with E-state index in [1.807, 2.05) is 18.2 Å². The largest absolute Gasteiger partial charge is 0.496 e. The molecule has 0 fully saturated rings. The Morgan fingerprint density at radius 2 is 2.05 bits per heavy atom. The molecule has 0 heterocycles. The number of hydrogen-bond acceptors (Lipinski definition) is 3. The lowest BCUT2D eigenvalue weighted by Gasteiger charge is -2.15. The first kappa shape index (κ1) is 18.0. The molecule has 2 N–H and O–H groups in total. The maximum atomic E-state index is 11.6. The minimum Gasteiger partial charge on any atom is -0.496 e. The van der Waals surface area contributed by atoms with Crippen molar-refractivity contribution in [1.82, 2.24) is 10.6 Å². The van der Waals surface area contributed by atoms with E-state index >= 15 is 0 Å². The lowest BCUT2D eigenvalue weighted by Crippen LogP contribution is -2.31. The highest BCUT2D eigenvalue weighted by Gasteiger charge is 2.09. The molecule has 1 aromatic rings. The van der Waals surface area contributed by atoms with Crippen molar-refractivity contribution in [2.45, 2.75) is 33.2 Å². The topological polar surface area (TPSA) is 50.4 Å².